The Bertz CT molecular complexity index is 160. The number of nitrogens with two attached hydrogens (primary N) is 1. The molecule has 78 valence electrons. The van der Waals surface area contributed by atoms with Gasteiger partial charge in [0.1, 0.15) is 6.04 Å². The molecule has 0 rings (SSSR count). The fourth-order valence-electron chi connectivity index (χ4n) is 1.03. The van der Waals surface area contributed by atoms with Crippen LogP contribution in [0.15, 0.2) is 0 Å². The van der Waals surface area contributed by atoms with Crippen molar-refractivity contribution in [2.75, 3.05) is 13.7 Å². The van der Waals surface area contributed by atoms with Crippen LogP contribution in [0.4, 0.5) is 0 Å². The van der Waals surface area contributed by atoms with Gasteiger partial charge in [0.25, 0.3) is 0 Å². The van der Waals surface area contributed by atoms with Gasteiger partial charge in [-0.1, -0.05) is 13.8 Å². The van der Waals surface area contributed by atoms with Gasteiger partial charge < -0.3 is 15.8 Å². The van der Waals surface area contributed by atoms with Crippen LogP contribution in [0.1, 0.15) is 20.8 Å². The highest BCUT2D eigenvalue weighted by Gasteiger charge is 2.23. The molecule has 0 aliphatic rings. The molecule has 0 aromatic heterocycles. The number of methoxy groups -OCH3 is 1. The van der Waals surface area contributed by atoms with Crippen LogP contribution < -0.4 is 11.1 Å². The number of carbonyl (C=O) groups excluding carboxylic acids is 1. The number of hydrogen-bond acceptors (Lipinski definition) is 4. The van der Waals surface area contributed by atoms with Gasteiger partial charge in [-0.25, -0.2) is 0 Å². The molecule has 4 nitrogen and oxygen atoms in total. The molecule has 2 unspecified atom stereocenters. The first kappa shape index (κ1) is 12.4. The molecule has 0 aliphatic carbocycles. The zero-order chi connectivity index (χ0) is 10.4. The minimum absolute atomic E-state index is 0.131. The number of carbonyl (C=O) groups is 1. The second-order valence-electron chi connectivity index (χ2n) is 3.55. The van der Waals surface area contributed by atoms with E-state index in [1.54, 1.807) is 0 Å². The molecule has 0 aromatic rings. The number of rotatable bonds is 5. The molecule has 0 aromatic carbocycles. The Labute approximate surface area is 79.8 Å². The van der Waals surface area contributed by atoms with Gasteiger partial charge in [-0.2, -0.15) is 0 Å². The molecule has 0 aliphatic heterocycles. The van der Waals surface area contributed by atoms with E-state index in [1.807, 2.05) is 20.8 Å². The maximum Gasteiger partial charge on any atom is 0.323 e. The van der Waals surface area contributed by atoms with Gasteiger partial charge >= 0.3 is 5.97 Å². The summed E-state index contributed by atoms with van der Waals surface area (Å²) in [4.78, 5) is 11.3. The van der Waals surface area contributed by atoms with Gasteiger partial charge in [-0.3, -0.25) is 4.79 Å². The smallest absolute Gasteiger partial charge is 0.323 e. The van der Waals surface area contributed by atoms with Crippen molar-refractivity contribution < 1.29 is 9.53 Å². The van der Waals surface area contributed by atoms with Crippen molar-refractivity contribution in [3.8, 4) is 0 Å². The molecule has 13 heavy (non-hydrogen) atoms. The van der Waals surface area contributed by atoms with Crippen molar-refractivity contribution in [3.05, 3.63) is 0 Å². The summed E-state index contributed by atoms with van der Waals surface area (Å²) in [6.07, 6.45) is 0. The number of ether oxygens (including phenoxy) is 1. The Morgan fingerprint density at radius 2 is 2.00 bits per heavy atom. The van der Waals surface area contributed by atoms with Crippen molar-refractivity contribution in [2.24, 2.45) is 11.7 Å². The van der Waals surface area contributed by atoms with Crippen LogP contribution in [0.25, 0.3) is 0 Å². The lowest BCUT2D eigenvalue weighted by Crippen LogP contribution is -2.48. The third-order valence-corrected chi connectivity index (χ3v) is 1.94. The predicted molar refractivity (Wildman–Crippen MR) is 52.3 cm³/mol. The Kier molecular flexibility index (Phi) is 5.66. The molecule has 0 amide bonds. The molecule has 4 heteroatoms. The number of esters is 1. The topological polar surface area (TPSA) is 64.3 Å². The highest BCUT2D eigenvalue weighted by Crippen LogP contribution is 2.04. The van der Waals surface area contributed by atoms with Crippen LogP contribution in [0.3, 0.4) is 0 Å². The third kappa shape index (κ3) is 4.24. The largest absolute Gasteiger partial charge is 0.468 e. The van der Waals surface area contributed by atoms with Crippen LogP contribution in [-0.4, -0.2) is 31.7 Å². The average molecular weight is 188 g/mol. The third-order valence-electron chi connectivity index (χ3n) is 1.94. The molecule has 0 bridgehead atoms. The van der Waals surface area contributed by atoms with Crippen LogP contribution in [0.2, 0.25) is 0 Å². The lowest BCUT2D eigenvalue weighted by atomic mass is 10.0. The minimum Gasteiger partial charge on any atom is -0.468 e. The summed E-state index contributed by atoms with van der Waals surface area (Å²) in [5.74, 6) is -0.0169. The van der Waals surface area contributed by atoms with Crippen molar-refractivity contribution in [3.63, 3.8) is 0 Å². The SMILES string of the molecule is COC(=O)C(NC(C)CN)C(C)C. The second kappa shape index (κ2) is 5.94. The summed E-state index contributed by atoms with van der Waals surface area (Å²) in [7, 11) is 1.40. The first-order valence-electron chi connectivity index (χ1n) is 4.56. The Morgan fingerprint density at radius 3 is 2.31 bits per heavy atom. The molecule has 0 spiro atoms. The van der Waals surface area contributed by atoms with E-state index >= 15 is 0 Å². The summed E-state index contributed by atoms with van der Waals surface area (Å²) in [5.41, 5.74) is 5.45. The van der Waals surface area contributed by atoms with Crippen molar-refractivity contribution in [1.82, 2.24) is 5.32 Å². The van der Waals surface area contributed by atoms with Gasteiger partial charge in [0, 0.05) is 12.6 Å². The van der Waals surface area contributed by atoms with Crippen molar-refractivity contribution in [2.45, 2.75) is 32.9 Å². The standard InChI is InChI=1S/C9H20N2O2/c1-6(2)8(9(12)13-4)11-7(3)5-10/h6-8,11H,5,10H2,1-4H3. The van der Waals surface area contributed by atoms with E-state index in [0.717, 1.165) is 0 Å². The Balaban J connectivity index is 4.18. The molecular weight excluding hydrogens is 168 g/mol. The fourth-order valence-corrected chi connectivity index (χ4v) is 1.03. The van der Waals surface area contributed by atoms with Crippen LogP contribution in [-0.2, 0) is 9.53 Å². The highest BCUT2D eigenvalue weighted by molar-refractivity contribution is 5.75. The van der Waals surface area contributed by atoms with Gasteiger partial charge in [0.05, 0.1) is 7.11 Å². The molecule has 2 atom stereocenters. The van der Waals surface area contributed by atoms with E-state index in [2.05, 4.69) is 10.1 Å². The quantitative estimate of drug-likeness (QED) is 0.601. The molecular formula is C9H20N2O2. The minimum atomic E-state index is -0.261. The van der Waals surface area contributed by atoms with Gasteiger partial charge in [-0.05, 0) is 12.8 Å². The maximum absolute atomic E-state index is 11.3. The lowest BCUT2D eigenvalue weighted by Gasteiger charge is -2.23. The van der Waals surface area contributed by atoms with Crippen LogP contribution in [0.5, 0.6) is 0 Å². The summed E-state index contributed by atoms with van der Waals surface area (Å²) in [6.45, 7) is 6.40. The molecule has 0 heterocycles. The monoisotopic (exact) mass is 188 g/mol. The first-order valence-corrected chi connectivity index (χ1v) is 4.56. The Morgan fingerprint density at radius 1 is 1.46 bits per heavy atom. The van der Waals surface area contributed by atoms with Gasteiger partial charge in [0.15, 0.2) is 0 Å². The zero-order valence-corrected chi connectivity index (χ0v) is 8.83. The fraction of sp³-hybridized carbons (Fsp3) is 0.889. The van der Waals surface area contributed by atoms with E-state index in [-0.39, 0.29) is 24.0 Å². The number of hydrogen-bond donors (Lipinski definition) is 2. The second-order valence-corrected chi connectivity index (χ2v) is 3.55. The van der Waals surface area contributed by atoms with Crippen LogP contribution in [0, 0.1) is 5.92 Å². The van der Waals surface area contributed by atoms with E-state index in [1.165, 1.54) is 7.11 Å². The normalized spacial score (nSPS) is 15.5. The van der Waals surface area contributed by atoms with Gasteiger partial charge in [-0.15, -0.1) is 0 Å². The molecule has 0 saturated carbocycles. The average Bonchev–Trinajstić information content (AvgIpc) is 2.11. The summed E-state index contributed by atoms with van der Waals surface area (Å²) >= 11 is 0. The zero-order valence-electron chi connectivity index (χ0n) is 8.83. The number of nitrogens with one attached hydrogen (secondary N) is 1. The van der Waals surface area contributed by atoms with E-state index in [0.29, 0.717) is 6.54 Å². The van der Waals surface area contributed by atoms with Gasteiger partial charge in [0.2, 0.25) is 0 Å². The van der Waals surface area contributed by atoms with Crippen molar-refractivity contribution >= 4 is 5.97 Å². The molecule has 0 radical (unpaired) electrons. The molecule has 0 saturated heterocycles. The van der Waals surface area contributed by atoms with E-state index < -0.39 is 0 Å². The summed E-state index contributed by atoms with van der Waals surface area (Å²) in [5, 5.41) is 3.12. The molecule has 3 N–H and O–H groups in total. The first-order chi connectivity index (χ1) is 6.02. The Hall–Kier alpha value is -0.610. The highest BCUT2D eigenvalue weighted by atomic mass is 16.5. The molecule has 0 fully saturated rings. The van der Waals surface area contributed by atoms with E-state index in [9.17, 15) is 4.79 Å². The summed E-state index contributed by atoms with van der Waals surface area (Å²) in [6, 6.07) is -0.130. The maximum atomic E-state index is 11.3. The lowest BCUT2D eigenvalue weighted by molar-refractivity contribution is -0.144. The predicted octanol–water partition coefficient (Wildman–Crippen LogP) is 0.121. The van der Waals surface area contributed by atoms with Crippen molar-refractivity contribution in [1.29, 1.82) is 0 Å². The van der Waals surface area contributed by atoms with Crippen LogP contribution >= 0.6 is 0 Å². The van der Waals surface area contributed by atoms with E-state index in [4.69, 9.17) is 5.73 Å². The summed E-state index contributed by atoms with van der Waals surface area (Å²) < 4.78 is 4.68.